The minimum absolute atomic E-state index is 0.400. The van der Waals surface area contributed by atoms with Gasteiger partial charge in [-0.25, -0.2) is 4.98 Å². The van der Waals surface area contributed by atoms with Crippen LogP contribution in [0.15, 0.2) is 73.2 Å². The fourth-order valence-electron chi connectivity index (χ4n) is 3.83. The zero-order valence-electron chi connectivity index (χ0n) is 17.6. The van der Waals surface area contributed by atoms with Gasteiger partial charge in [-0.15, -0.1) is 0 Å². The number of pyridine rings is 2. The molecule has 5 heteroatoms. The van der Waals surface area contributed by atoms with E-state index in [0.717, 1.165) is 56.6 Å². The van der Waals surface area contributed by atoms with Crippen molar-refractivity contribution >= 4 is 21.9 Å². The summed E-state index contributed by atoms with van der Waals surface area (Å²) in [6.07, 6.45) is 6.52. The van der Waals surface area contributed by atoms with Crippen LogP contribution in [0, 0.1) is 23.2 Å². The molecule has 0 unspecified atom stereocenters. The molecule has 0 bridgehead atoms. The Morgan fingerprint density at radius 2 is 1.78 bits per heavy atom. The largest absolute Gasteiger partial charge is 0.296 e. The van der Waals surface area contributed by atoms with Crippen molar-refractivity contribution in [1.82, 2.24) is 19.5 Å². The van der Waals surface area contributed by atoms with E-state index in [1.165, 1.54) is 0 Å². The first-order chi connectivity index (χ1) is 15.8. The molecule has 0 amide bonds. The molecular weight excluding hydrogens is 394 g/mol. The quantitative estimate of drug-likeness (QED) is 0.391. The van der Waals surface area contributed by atoms with Gasteiger partial charge in [0.15, 0.2) is 0 Å². The van der Waals surface area contributed by atoms with Gasteiger partial charge in [0.1, 0.15) is 11.3 Å². The van der Waals surface area contributed by atoms with E-state index in [0.29, 0.717) is 6.42 Å². The zero-order valence-corrected chi connectivity index (χ0v) is 17.6. The third kappa shape index (κ3) is 3.57. The molecule has 0 aliphatic rings. The summed E-state index contributed by atoms with van der Waals surface area (Å²) in [5.41, 5.74) is 6.57. The maximum atomic E-state index is 8.97. The van der Waals surface area contributed by atoms with Gasteiger partial charge < -0.3 is 0 Å². The topological polar surface area (TPSA) is 67.4 Å². The number of rotatable bonds is 3. The monoisotopic (exact) mass is 413 g/mol. The van der Waals surface area contributed by atoms with Crippen molar-refractivity contribution in [2.75, 3.05) is 0 Å². The molecule has 0 spiro atoms. The highest BCUT2D eigenvalue weighted by Gasteiger charge is 2.15. The van der Waals surface area contributed by atoms with Crippen molar-refractivity contribution < 1.29 is 0 Å². The van der Waals surface area contributed by atoms with Crippen LogP contribution in [0.1, 0.15) is 29.4 Å². The van der Waals surface area contributed by atoms with Crippen LogP contribution in [0.5, 0.6) is 0 Å². The van der Waals surface area contributed by atoms with Gasteiger partial charge in [0, 0.05) is 41.0 Å². The van der Waals surface area contributed by atoms with E-state index < -0.39 is 0 Å². The summed E-state index contributed by atoms with van der Waals surface area (Å²) in [6.45, 7) is 2.10. The summed E-state index contributed by atoms with van der Waals surface area (Å²) in [5.74, 6) is 7.38. The molecular formula is C27H19N5. The molecule has 5 nitrogen and oxygen atoms in total. The molecule has 0 saturated carbocycles. The second kappa shape index (κ2) is 8.34. The maximum absolute atomic E-state index is 8.97. The minimum atomic E-state index is 0.400. The lowest BCUT2D eigenvalue weighted by molar-refractivity contribution is 0.909. The highest BCUT2D eigenvalue weighted by atomic mass is 15.1. The first-order valence-electron chi connectivity index (χ1n) is 10.4. The van der Waals surface area contributed by atoms with Crippen molar-refractivity contribution in [3.8, 4) is 23.6 Å². The Hall–Kier alpha value is -4.48. The minimum Gasteiger partial charge on any atom is -0.296 e. The third-order valence-electron chi connectivity index (χ3n) is 5.36. The van der Waals surface area contributed by atoms with E-state index >= 15 is 0 Å². The Labute approximate surface area is 186 Å². The number of hydrogen-bond donors (Lipinski definition) is 0. The standard InChI is InChI=1S/C27H19N5/c1-2-26-31-25-18-30-24-12-9-20(5-6-21-4-3-15-29-17-21)16-23(24)27(25)32(26)22-10-7-19(8-11-22)13-14-28/h3-4,7-12,15-18H,2,13H2,1H3. The number of imidazole rings is 1. The van der Waals surface area contributed by atoms with Crippen molar-refractivity contribution in [2.24, 2.45) is 0 Å². The number of hydrogen-bond acceptors (Lipinski definition) is 4. The van der Waals surface area contributed by atoms with Crippen molar-refractivity contribution in [2.45, 2.75) is 19.8 Å². The average Bonchev–Trinajstić information content (AvgIpc) is 3.23. The van der Waals surface area contributed by atoms with Crippen molar-refractivity contribution in [3.63, 3.8) is 0 Å². The van der Waals surface area contributed by atoms with E-state index in [9.17, 15) is 0 Å². The van der Waals surface area contributed by atoms with Gasteiger partial charge in [0.25, 0.3) is 0 Å². The van der Waals surface area contributed by atoms with E-state index in [4.69, 9.17) is 10.2 Å². The van der Waals surface area contributed by atoms with Crippen molar-refractivity contribution in [1.29, 1.82) is 5.26 Å². The number of aryl methyl sites for hydroxylation is 1. The average molecular weight is 413 g/mol. The van der Waals surface area contributed by atoms with Crippen LogP contribution in [-0.4, -0.2) is 19.5 Å². The lowest BCUT2D eigenvalue weighted by atomic mass is 10.1. The van der Waals surface area contributed by atoms with Gasteiger partial charge in [-0.05, 0) is 48.0 Å². The van der Waals surface area contributed by atoms with Crippen LogP contribution in [0.2, 0.25) is 0 Å². The molecule has 3 aromatic heterocycles. The van der Waals surface area contributed by atoms with E-state index in [1.807, 2.05) is 54.7 Å². The summed E-state index contributed by atoms with van der Waals surface area (Å²) in [7, 11) is 0. The Bertz CT molecular complexity index is 1530. The summed E-state index contributed by atoms with van der Waals surface area (Å²) in [4.78, 5) is 13.6. The molecule has 0 aliphatic heterocycles. The highest BCUT2D eigenvalue weighted by Crippen LogP contribution is 2.29. The maximum Gasteiger partial charge on any atom is 0.114 e. The van der Waals surface area contributed by atoms with Gasteiger partial charge in [0.2, 0.25) is 0 Å². The molecule has 32 heavy (non-hydrogen) atoms. The van der Waals surface area contributed by atoms with Gasteiger partial charge in [-0.2, -0.15) is 5.26 Å². The summed E-state index contributed by atoms with van der Waals surface area (Å²) >= 11 is 0. The van der Waals surface area contributed by atoms with Crippen molar-refractivity contribution in [3.05, 3.63) is 95.7 Å². The van der Waals surface area contributed by atoms with Gasteiger partial charge in [0.05, 0.1) is 29.7 Å². The Kier molecular flexibility index (Phi) is 5.07. The first kappa shape index (κ1) is 19.5. The normalized spacial score (nSPS) is 10.6. The van der Waals surface area contributed by atoms with Gasteiger partial charge in [-0.3, -0.25) is 14.5 Å². The fraction of sp³-hybridized carbons (Fsp3) is 0.111. The van der Waals surface area contributed by atoms with E-state index in [-0.39, 0.29) is 0 Å². The molecule has 5 aromatic rings. The van der Waals surface area contributed by atoms with Crippen LogP contribution in [0.3, 0.4) is 0 Å². The lowest BCUT2D eigenvalue weighted by Crippen LogP contribution is -2.01. The number of nitrogens with zero attached hydrogens (tertiary/aromatic N) is 5. The third-order valence-corrected chi connectivity index (χ3v) is 5.36. The molecule has 0 atom stereocenters. The first-order valence-corrected chi connectivity index (χ1v) is 10.4. The van der Waals surface area contributed by atoms with Crippen LogP contribution >= 0.6 is 0 Å². The number of nitriles is 1. The van der Waals surface area contributed by atoms with Gasteiger partial charge in [-0.1, -0.05) is 30.9 Å². The van der Waals surface area contributed by atoms with Crippen LogP contribution in [0.4, 0.5) is 0 Å². The summed E-state index contributed by atoms with van der Waals surface area (Å²) < 4.78 is 2.19. The molecule has 0 saturated heterocycles. The van der Waals surface area contributed by atoms with E-state index in [2.05, 4.69) is 45.4 Å². The molecule has 0 radical (unpaired) electrons. The summed E-state index contributed by atoms with van der Waals surface area (Å²) in [5, 5.41) is 9.98. The zero-order chi connectivity index (χ0) is 21.9. The Balaban J connectivity index is 1.70. The molecule has 3 heterocycles. The molecule has 152 valence electrons. The second-order valence-corrected chi connectivity index (χ2v) is 7.43. The smallest absolute Gasteiger partial charge is 0.114 e. The van der Waals surface area contributed by atoms with Crippen LogP contribution in [-0.2, 0) is 12.8 Å². The van der Waals surface area contributed by atoms with Crippen LogP contribution in [0.25, 0.3) is 27.6 Å². The number of aromatic nitrogens is 4. The second-order valence-electron chi connectivity index (χ2n) is 7.43. The fourth-order valence-corrected chi connectivity index (χ4v) is 3.83. The summed E-state index contributed by atoms with van der Waals surface area (Å²) in [6, 6.07) is 20.2. The van der Waals surface area contributed by atoms with Gasteiger partial charge >= 0.3 is 0 Å². The lowest BCUT2D eigenvalue weighted by Gasteiger charge is -2.10. The number of benzene rings is 2. The molecule has 0 N–H and O–H groups in total. The Morgan fingerprint density at radius 3 is 2.53 bits per heavy atom. The molecule has 0 fully saturated rings. The Morgan fingerprint density at radius 1 is 0.938 bits per heavy atom. The predicted octanol–water partition coefficient (Wildman–Crippen LogP) is 5.00. The molecule has 5 rings (SSSR count). The molecule has 0 aliphatic carbocycles. The predicted molar refractivity (Wildman–Crippen MR) is 125 cm³/mol. The highest BCUT2D eigenvalue weighted by molar-refractivity contribution is 6.03. The number of fused-ring (bicyclic) bond motifs is 3. The molecule has 2 aromatic carbocycles. The van der Waals surface area contributed by atoms with Crippen LogP contribution < -0.4 is 0 Å². The SMILES string of the molecule is CCc1nc2cnc3ccc(C#Cc4cccnc4)cc3c2n1-c1ccc(CC#N)cc1. The van der Waals surface area contributed by atoms with E-state index in [1.54, 1.807) is 12.4 Å².